The van der Waals surface area contributed by atoms with Crippen LogP contribution in [0.1, 0.15) is 38.2 Å². The molecule has 0 N–H and O–H groups in total. The molecule has 1 saturated carbocycles. The third-order valence-corrected chi connectivity index (χ3v) is 4.86. The van der Waals surface area contributed by atoms with Crippen molar-refractivity contribution in [2.24, 2.45) is 5.92 Å². The average Bonchev–Trinajstić information content (AvgIpc) is 2.57. The van der Waals surface area contributed by atoms with E-state index in [1.165, 1.54) is 12.1 Å². The maximum Gasteiger partial charge on any atom is 0.246 e. The van der Waals surface area contributed by atoms with Crippen LogP contribution in [0.25, 0.3) is 6.08 Å². The van der Waals surface area contributed by atoms with Crippen LogP contribution in [0.5, 0.6) is 0 Å². The van der Waals surface area contributed by atoms with Gasteiger partial charge < -0.3 is 9.80 Å². The molecule has 0 spiro atoms. The van der Waals surface area contributed by atoms with Crippen LogP contribution in [0.15, 0.2) is 24.3 Å². The van der Waals surface area contributed by atoms with E-state index in [9.17, 15) is 13.6 Å². The highest BCUT2D eigenvalue weighted by Crippen LogP contribution is 2.27. The van der Waals surface area contributed by atoms with Crippen molar-refractivity contribution in [1.82, 2.24) is 9.80 Å². The van der Waals surface area contributed by atoms with Gasteiger partial charge in [-0.2, -0.15) is 0 Å². The molecule has 2 rings (SSSR count). The van der Waals surface area contributed by atoms with E-state index in [0.29, 0.717) is 12.1 Å². The molecule has 1 aromatic rings. The minimum atomic E-state index is -0.902. The van der Waals surface area contributed by atoms with Crippen LogP contribution in [-0.4, -0.2) is 48.9 Å². The molecule has 6 heteroatoms. The first-order chi connectivity index (χ1) is 11.9. The van der Waals surface area contributed by atoms with Gasteiger partial charge in [-0.05, 0) is 69.5 Å². The Bertz CT molecular complexity index is 614. The predicted molar refractivity (Wildman–Crippen MR) is 104 cm³/mol. The number of carbonyl (C=O) groups is 1. The van der Waals surface area contributed by atoms with E-state index in [1.54, 1.807) is 6.08 Å². The summed E-state index contributed by atoms with van der Waals surface area (Å²) in [5.74, 6) is -1.13. The lowest BCUT2D eigenvalue weighted by Gasteiger charge is -2.36. The van der Waals surface area contributed by atoms with E-state index in [2.05, 4.69) is 11.8 Å². The fourth-order valence-corrected chi connectivity index (χ4v) is 3.21. The number of rotatable bonds is 6. The molecule has 1 aliphatic rings. The first kappa shape index (κ1) is 22.6. The fraction of sp³-hybridized carbons (Fsp3) is 0.550. The molecule has 0 heterocycles. The van der Waals surface area contributed by atoms with Crippen molar-refractivity contribution in [1.29, 1.82) is 0 Å². The minimum Gasteiger partial charge on any atom is -0.335 e. The van der Waals surface area contributed by atoms with Crippen molar-refractivity contribution in [3.05, 3.63) is 41.5 Å². The number of hydrogen-bond donors (Lipinski definition) is 0. The van der Waals surface area contributed by atoms with Crippen LogP contribution in [0.2, 0.25) is 0 Å². The molecule has 0 aromatic heterocycles. The Kier molecular flexibility index (Phi) is 9.23. The quantitative estimate of drug-likeness (QED) is 0.678. The first-order valence-electron chi connectivity index (χ1n) is 8.95. The van der Waals surface area contributed by atoms with Gasteiger partial charge in [0.15, 0.2) is 11.6 Å². The number of amides is 1. The third kappa shape index (κ3) is 6.69. The van der Waals surface area contributed by atoms with E-state index in [0.717, 1.165) is 50.3 Å². The summed E-state index contributed by atoms with van der Waals surface area (Å²) in [6.45, 7) is 3.73. The molecule has 0 unspecified atom stereocenters. The molecular weight excluding hydrogens is 358 g/mol. The largest absolute Gasteiger partial charge is 0.335 e. The molecule has 0 radical (unpaired) electrons. The van der Waals surface area contributed by atoms with Gasteiger partial charge in [0.05, 0.1) is 0 Å². The van der Waals surface area contributed by atoms with Crippen molar-refractivity contribution >= 4 is 24.4 Å². The Morgan fingerprint density at radius 2 is 1.77 bits per heavy atom. The third-order valence-electron chi connectivity index (χ3n) is 4.86. The molecule has 3 nitrogen and oxygen atoms in total. The summed E-state index contributed by atoms with van der Waals surface area (Å²) in [4.78, 5) is 16.7. The van der Waals surface area contributed by atoms with Crippen molar-refractivity contribution in [3.8, 4) is 0 Å². The van der Waals surface area contributed by atoms with Crippen molar-refractivity contribution < 1.29 is 13.6 Å². The second kappa shape index (κ2) is 10.6. The molecule has 1 aromatic carbocycles. The first-order valence-corrected chi connectivity index (χ1v) is 8.95. The van der Waals surface area contributed by atoms with Gasteiger partial charge in [-0.3, -0.25) is 4.79 Å². The normalized spacial score (nSPS) is 20.2. The number of carbonyl (C=O) groups excluding carboxylic acids is 1. The SMILES string of the molecule is CC1CCC(N(CCN(C)C)C(=O)C=Cc2ccc(F)c(F)c2)CC1.Cl. The van der Waals surface area contributed by atoms with Crippen LogP contribution in [0.3, 0.4) is 0 Å². The van der Waals surface area contributed by atoms with Crippen LogP contribution in [0, 0.1) is 17.6 Å². The van der Waals surface area contributed by atoms with Gasteiger partial charge in [0.1, 0.15) is 0 Å². The fourth-order valence-electron chi connectivity index (χ4n) is 3.21. The molecule has 146 valence electrons. The number of likely N-dealkylation sites (N-methyl/N-ethyl adjacent to an activating group) is 1. The number of nitrogens with zero attached hydrogens (tertiary/aromatic N) is 2. The standard InChI is InChI=1S/C20H28F2N2O.ClH/c1-15-4-8-17(9-5-15)24(13-12-23(2)3)20(25)11-7-16-6-10-18(21)19(22)14-16;/h6-7,10-11,14-15,17H,4-5,8-9,12-13H2,1-3H3;1H. The summed E-state index contributed by atoms with van der Waals surface area (Å²) in [7, 11) is 3.98. The molecule has 26 heavy (non-hydrogen) atoms. The highest BCUT2D eigenvalue weighted by molar-refractivity contribution is 5.92. The van der Waals surface area contributed by atoms with E-state index in [-0.39, 0.29) is 24.4 Å². The Hall–Kier alpha value is -1.46. The Balaban J connectivity index is 0.00000338. The highest BCUT2D eigenvalue weighted by Gasteiger charge is 2.26. The smallest absolute Gasteiger partial charge is 0.246 e. The second-order valence-corrected chi connectivity index (χ2v) is 7.26. The molecule has 0 atom stereocenters. The van der Waals surface area contributed by atoms with Gasteiger partial charge in [-0.25, -0.2) is 8.78 Å². The maximum absolute atomic E-state index is 13.3. The van der Waals surface area contributed by atoms with Crippen LogP contribution < -0.4 is 0 Å². The number of halogens is 3. The minimum absolute atomic E-state index is 0. The van der Waals surface area contributed by atoms with Crippen molar-refractivity contribution in [3.63, 3.8) is 0 Å². The maximum atomic E-state index is 13.3. The van der Waals surface area contributed by atoms with Gasteiger partial charge in [0.2, 0.25) is 5.91 Å². The van der Waals surface area contributed by atoms with E-state index in [1.807, 2.05) is 19.0 Å². The summed E-state index contributed by atoms with van der Waals surface area (Å²) in [5.41, 5.74) is 0.483. The summed E-state index contributed by atoms with van der Waals surface area (Å²) in [6, 6.07) is 3.91. The van der Waals surface area contributed by atoms with Crippen molar-refractivity contribution in [2.75, 3.05) is 27.2 Å². The molecule has 1 aliphatic carbocycles. The van der Waals surface area contributed by atoms with Crippen LogP contribution in [-0.2, 0) is 4.79 Å². The summed E-state index contributed by atoms with van der Waals surface area (Å²) < 4.78 is 26.3. The Labute approximate surface area is 161 Å². The number of hydrogen-bond acceptors (Lipinski definition) is 2. The van der Waals surface area contributed by atoms with Crippen LogP contribution in [0.4, 0.5) is 8.78 Å². The van der Waals surface area contributed by atoms with Gasteiger partial charge in [-0.15, -0.1) is 12.4 Å². The molecule has 0 bridgehead atoms. The Morgan fingerprint density at radius 3 is 2.35 bits per heavy atom. The monoisotopic (exact) mass is 386 g/mol. The molecular formula is C20H29ClF2N2O. The second-order valence-electron chi connectivity index (χ2n) is 7.26. The average molecular weight is 387 g/mol. The van der Waals surface area contributed by atoms with E-state index in [4.69, 9.17) is 0 Å². The van der Waals surface area contributed by atoms with Gasteiger partial charge in [-0.1, -0.05) is 13.0 Å². The lowest BCUT2D eigenvalue weighted by Crippen LogP contribution is -2.44. The topological polar surface area (TPSA) is 23.6 Å². The molecule has 0 saturated heterocycles. The summed E-state index contributed by atoms with van der Waals surface area (Å²) >= 11 is 0. The van der Waals surface area contributed by atoms with Crippen LogP contribution >= 0.6 is 12.4 Å². The molecule has 1 fully saturated rings. The predicted octanol–water partition coefficient (Wildman–Crippen LogP) is 4.37. The van der Waals surface area contributed by atoms with Gasteiger partial charge >= 0.3 is 0 Å². The zero-order chi connectivity index (χ0) is 18.4. The summed E-state index contributed by atoms with van der Waals surface area (Å²) in [6.07, 6.45) is 7.37. The molecule has 1 amide bonds. The zero-order valence-corrected chi connectivity index (χ0v) is 16.6. The van der Waals surface area contributed by atoms with Gasteiger partial charge in [0.25, 0.3) is 0 Å². The van der Waals surface area contributed by atoms with E-state index >= 15 is 0 Å². The number of benzene rings is 1. The lowest BCUT2D eigenvalue weighted by molar-refractivity contribution is -0.129. The van der Waals surface area contributed by atoms with Crippen molar-refractivity contribution in [2.45, 2.75) is 38.6 Å². The highest BCUT2D eigenvalue weighted by atomic mass is 35.5. The lowest BCUT2D eigenvalue weighted by atomic mass is 9.86. The summed E-state index contributed by atoms with van der Waals surface area (Å²) in [5, 5.41) is 0. The van der Waals surface area contributed by atoms with Gasteiger partial charge in [0, 0.05) is 25.2 Å². The zero-order valence-electron chi connectivity index (χ0n) is 15.8. The Morgan fingerprint density at radius 1 is 1.12 bits per heavy atom. The van der Waals surface area contributed by atoms with E-state index < -0.39 is 11.6 Å². The molecule has 0 aliphatic heterocycles.